The number of fused-ring (bicyclic) bond motifs is 3. The van der Waals surface area contributed by atoms with E-state index >= 15 is 0 Å². The smallest absolute Gasteiger partial charge is 0.419 e. The van der Waals surface area contributed by atoms with Crippen molar-refractivity contribution in [3.63, 3.8) is 0 Å². The summed E-state index contributed by atoms with van der Waals surface area (Å²) in [6.45, 7) is 13.5. The van der Waals surface area contributed by atoms with Crippen LogP contribution in [0.3, 0.4) is 0 Å². The second-order valence-electron chi connectivity index (χ2n) is 28.5. The van der Waals surface area contributed by atoms with Gasteiger partial charge in [0.2, 0.25) is 0 Å². The van der Waals surface area contributed by atoms with E-state index in [1.54, 1.807) is 0 Å². The van der Waals surface area contributed by atoms with Crippen LogP contribution >= 0.6 is 0 Å². The number of pyridine rings is 3. The zero-order chi connectivity index (χ0) is 66.2. The Kier molecular flexibility index (Phi) is 17.0. The molecule has 0 radical (unpaired) electrons. The molecule has 0 bridgehead atoms. The summed E-state index contributed by atoms with van der Waals surface area (Å²) in [6, 6.07) is 11.2. The minimum atomic E-state index is -4.55. The Bertz CT molecular complexity index is 3510. The highest BCUT2D eigenvalue weighted by atomic mass is 19.4. The third-order valence-electron chi connectivity index (χ3n) is 21.4. The van der Waals surface area contributed by atoms with Crippen LogP contribution in [0.1, 0.15) is 144 Å². The fourth-order valence-corrected chi connectivity index (χ4v) is 16.6. The number of hydrogen-bond acceptors (Lipinski definition) is 15. The van der Waals surface area contributed by atoms with Crippen molar-refractivity contribution in [2.75, 3.05) is 69.7 Å². The van der Waals surface area contributed by atoms with E-state index in [4.69, 9.17) is 22.3 Å². The van der Waals surface area contributed by atoms with E-state index in [1.807, 2.05) is 78.7 Å². The molecule has 6 unspecified atom stereocenters. The van der Waals surface area contributed by atoms with Gasteiger partial charge in [0.05, 0.1) is 41.3 Å². The van der Waals surface area contributed by atoms with Crippen molar-refractivity contribution in [2.24, 2.45) is 47.3 Å². The second kappa shape index (κ2) is 24.2. The molecule has 9 aliphatic rings. The molecule has 3 saturated heterocycles. The number of aliphatic hydroxyl groups is 2. The molecule has 93 heavy (non-hydrogen) atoms. The van der Waals surface area contributed by atoms with E-state index in [0.29, 0.717) is 111 Å². The molecule has 0 amide bonds. The van der Waals surface area contributed by atoms with Gasteiger partial charge >= 0.3 is 19.0 Å². The van der Waals surface area contributed by atoms with Gasteiger partial charge in [0.25, 0.3) is 5.92 Å². The monoisotopic (exact) mass is 1310 g/mol. The molecule has 9 fully saturated rings. The number of aliphatic hydroxyl groups excluding tert-OH is 2. The van der Waals surface area contributed by atoms with Gasteiger partial charge in [-0.25, -0.2) is 23.7 Å². The topological polar surface area (TPSA) is 230 Å². The predicted octanol–water partition coefficient (Wildman–Crippen LogP) is 11.2. The van der Waals surface area contributed by atoms with Crippen molar-refractivity contribution in [1.29, 1.82) is 0 Å². The van der Waals surface area contributed by atoms with Gasteiger partial charge in [-0.05, 0) is 152 Å². The average Bonchev–Trinajstić information content (AvgIpc) is 1.57. The molecule has 0 spiro atoms. The highest BCUT2D eigenvalue weighted by Crippen LogP contribution is 2.67. The van der Waals surface area contributed by atoms with Crippen LogP contribution in [-0.4, -0.2) is 152 Å². The summed E-state index contributed by atoms with van der Waals surface area (Å²) in [4.78, 5) is 18.4. The lowest BCUT2D eigenvalue weighted by Gasteiger charge is -2.43. The molecule has 0 aromatic carbocycles. The summed E-state index contributed by atoms with van der Waals surface area (Å²) in [7, 11) is 0. The summed E-state index contributed by atoms with van der Waals surface area (Å²) in [5.41, 5.74) is 20.9. The number of rotatable bonds is 16. The number of likely N-dealkylation sites (tertiary alicyclic amines) is 3. The lowest BCUT2D eigenvalue weighted by molar-refractivity contribution is -0.146. The lowest BCUT2D eigenvalue weighted by Crippen LogP contribution is -2.59. The molecular weight excluding hydrogens is 1230 g/mol. The zero-order valence-corrected chi connectivity index (χ0v) is 52.7. The lowest BCUT2D eigenvalue weighted by atomic mass is 9.94. The number of anilines is 3. The van der Waals surface area contributed by atoms with Gasteiger partial charge < -0.3 is 32.2 Å². The molecule has 6 aliphatic carbocycles. The molecule has 15 rings (SSSR count). The average molecular weight is 1310 g/mol. The SMILES string of the molecule is CC(C)n1nc(-c2cnc(N)c(C(F)(F)F)c2)cc1C1[C@H]2CC(N3CC(CO)C3)C[C@@H]12.CC(C)n1nc(-c2cnc(N)c(C(F)(F)F)c2)cc1C1[C@H]2CC(N3CC(CO)C3)C[C@@H]12.CC(C)n1nc(-c2cnc(N)c(OC(F)F)c2)cc1C1[C@H]2CC(N3CC(F)(F)C3)C[C@@H]12. The minimum absolute atomic E-state index is 0.105. The molecular formula is C65H81F10N15O3. The Morgan fingerprint density at radius 1 is 0.495 bits per heavy atom. The number of halogens is 10. The molecule has 9 heterocycles. The van der Waals surface area contributed by atoms with Crippen molar-refractivity contribution in [2.45, 2.75) is 159 Å². The standard InChI is InChI=1S/2C22H28F3N5O.C21H25F4N5O/c2*1-11(2)30-19(20-15-4-14(5-16(15)20)29-8-12(9-29)10-31)6-18(28-30)13-3-17(22(23,24)25)21(26)27-7-13;1-10(2)30-16(18-13-4-12(5-14(13)18)29-8-21(24,25)9-29)6-15(28-30)11-3-17(31-20(22)23)19(26)27-7-11/h2*3,6-7,11-12,14-16,20,31H,4-5,8-10H2,1-2H3,(H2,26,27);3,6-7,10,12-14,18,20H,4-5,8-9H2,1-2H3,(H2,26,27)/t2*14?,15-,16+,20?;12?,13-,14+,18?. The fourth-order valence-electron chi connectivity index (χ4n) is 16.6. The summed E-state index contributed by atoms with van der Waals surface area (Å²) in [6.07, 6.45) is 1.58. The van der Waals surface area contributed by atoms with Crippen LogP contribution in [0.25, 0.3) is 33.8 Å². The maximum Gasteiger partial charge on any atom is 0.419 e. The maximum atomic E-state index is 13.3. The summed E-state index contributed by atoms with van der Waals surface area (Å²) in [5.74, 6) is 1.56. The number of nitrogen functional groups attached to an aromatic ring is 3. The van der Waals surface area contributed by atoms with E-state index in [9.17, 15) is 54.1 Å². The van der Waals surface area contributed by atoms with Gasteiger partial charge in [0, 0.05) is 158 Å². The van der Waals surface area contributed by atoms with Crippen molar-refractivity contribution in [3.05, 3.63) is 83.2 Å². The third kappa shape index (κ3) is 12.7. The van der Waals surface area contributed by atoms with E-state index in [1.165, 1.54) is 24.7 Å². The summed E-state index contributed by atoms with van der Waals surface area (Å²) >= 11 is 0. The molecule has 3 aliphatic heterocycles. The Balaban J connectivity index is 0.000000127. The van der Waals surface area contributed by atoms with Crippen molar-refractivity contribution in [1.82, 2.24) is 59.0 Å². The fraction of sp³-hybridized carbons (Fsp3) is 0.631. The Morgan fingerprint density at radius 2 is 0.806 bits per heavy atom. The van der Waals surface area contributed by atoms with Gasteiger partial charge in [-0.15, -0.1) is 0 Å². The van der Waals surface area contributed by atoms with Gasteiger partial charge in [-0.3, -0.25) is 28.7 Å². The van der Waals surface area contributed by atoms with E-state index in [-0.39, 0.29) is 62.0 Å². The Hall–Kier alpha value is -6.62. The van der Waals surface area contributed by atoms with Crippen LogP contribution in [0.2, 0.25) is 0 Å². The van der Waals surface area contributed by atoms with Gasteiger partial charge in [-0.1, -0.05) is 0 Å². The highest BCUT2D eigenvalue weighted by molar-refractivity contribution is 5.66. The van der Waals surface area contributed by atoms with Gasteiger partial charge in [0.15, 0.2) is 11.6 Å². The molecule has 6 aromatic heterocycles. The zero-order valence-electron chi connectivity index (χ0n) is 52.7. The first-order valence-corrected chi connectivity index (χ1v) is 32.4. The Morgan fingerprint density at radius 3 is 1.10 bits per heavy atom. The van der Waals surface area contributed by atoms with E-state index in [2.05, 4.69) is 39.7 Å². The third-order valence-corrected chi connectivity index (χ3v) is 21.4. The van der Waals surface area contributed by atoms with Crippen LogP contribution in [0.4, 0.5) is 61.4 Å². The molecule has 8 N–H and O–H groups in total. The first-order valence-electron chi connectivity index (χ1n) is 32.4. The molecule has 12 atom stereocenters. The van der Waals surface area contributed by atoms with Crippen LogP contribution in [-0.2, 0) is 12.4 Å². The van der Waals surface area contributed by atoms with Crippen molar-refractivity contribution < 1.29 is 58.9 Å². The number of ether oxygens (including phenoxy) is 1. The van der Waals surface area contributed by atoms with E-state index in [0.717, 1.165) is 93.9 Å². The molecule has 28 heteroatoms. The number of alkyl halides is 10. The minimum Gasteiger partial charge on any atom is -0.431 e. The van der Waals surface area contributed by atoms with Crippen LogP contribution < -0.4 is 21.9 Å². The Labute approximate surface area is 532 Å². The van der Waals surface area contributed by atoms with Crippen molar-refractivity contribution >= 4 is 17.5 Å². The van der Waals surface area contributed by atoms with E-state index < -0.39 is 47.6 Å². The first kappa shape index (κ1) is 65.1. The second-order valence-corrected chi connectivity index (χ2v) is 28.5. The number of aromatic nitrogens is 9. The number of nitrogens with zero attached hydrogens (tertiary/aromatic N) is 12. The molecule has 504 valence electrons. The first-order chi connectivity index (χ1) is 44.0. The maximum absolute atomic E-state index is 13.3. The molecule has 18 nitrogen and oxygen atoms in total. The van der Waals surface area contributed by atoms with Crippen LogP contribution in [0.15, 0.2) is 55.0 Å². The van der Waals surface area contributed by atoms with Crippen molar-refractivity contribution in [3.8, 4) is 39.5 Å². The highest BCUT2D eigenvalue weighted by Gasteiger charge is 2.63. The van der Waals surface area contributed by atoms with Crippen LogP contribution in [0.5, 0.6) is 5.75 Å². The predicted molar refractivity (Wildman–Crippen MR) is 326 cm³/mol. The normalized spacial score (nSPS) is 28.9. The largest absolute Gasteiger partial charge is 0.431 e. The number of hydrogen-bond donors (Lipinski definition) is 5. The van der Waals surface area contributed by atoms with Gasteiger partial charge in [0.1, 0.15) is 11.6 Å². The summed E-state index contributed by atoms with van der Waals surface area (Å²) < 4.78 is 142. The van der Waals surface area contributed by atoms with Gasteiger partial charge in [-0.2, -0.15) is 50.4 Å². The number of nitrogens with two attached hydrogens (primary N) is 3. The quantitative estimate of drug-likeness (QED) is 0.0568. The van der Waals surface area contributed by atoms with Crippen LogP contribution in [0, 0.1) is 47.3 Å². The molecule has 6 aromatic rings. The summed E-state index contributed by atoms with van der Waals surface area (Å²) in [5, 5.41) is 32.5. The molecule has 6 saturated carbocycles.